The first-order valence-corrected chi connectivity index (χ1v) is 5.69. The molecule has 1 aliphatic heterocycles. The normalized spacial score (nSPS) is 13.5. The van der Waals surface area contributed by atoms with Gasteiger partial charge in [0.1, 0.15) is 5.75 Å². The molecule has 1 amide bonds. The number of carbonyl (C=O) groups is 3. The molecule has 1 heterocycles. The highest BCUT2D eigenvalue weighted by atomic mass is 16.5. The average Bonchev–Trinajstić information content (AvgIpc) is 2.68. The lowest BCUT2D eigenvalue weighted by atomic mass is 10.1. The lowest BCUT2D eigenvalue weighted by molar-refractivity contribution is -0.140. The van der Waals surface area contributed by atoms with Gasteiger partial charge in [0.2, 0.25) is 0 Å². The number of hydrogen-bond acceptors (Lipinski definition) is 5. The largest absolute Gasteiger partial charge is 0.497 e. The molecule has 0 saturated heterocycles. The Balaban J connectivity index is 2.26. The van der Waals surface area contributed by atoms with Gasteiger partial charge in [0.15, 0.2) is 0 Å². The predicted octanol–water partition coefficient (Wildman–Crippen LogP) is 0.788. The molecule has 0 bridgehead atoms. The Morgan fingerprint density at radius 1 is 1.26 bits per heavy atom. The van der Waals surface area contributed by atoms with Crippen molar-refractivity contribution in [2.24, 2.45) is 0 Å². The second-order valence-electron chi connectivity index (χ2n) is 4.00. The van der Waals surface area contributed by atoms with Gasteiger partial charge in [-0.25, -0.2) is 0 Å². The monoisotopic (exact) mass is 263 g/mol. The first kappa shape index (κ1) is 13.1. The van der Waals surface area contributed by atoms with E-state index in [0.29, 0.717) is 17.0 Å². The summed E-state index contributed by atoms with van der Waals surface area (Å²) in [4.78, 5) is 36.1. The van der Waals surface area contributed by atoms with Gasteiger partial charge >= 0.3 is 5.97 Å². The van der Waals surface area contributed by atoms with Crippen LogP contribution in [0.1, 0.15) is 16.8 Å². The first-order chi connectivity index (χ1) is 9.08. The molecule has 0 fully saturated rings. The number of carbonyl (C=O) groups excluding carboxylic acids is 3. The Labute approximate surface area is 109 Å². The molecule has 0 N–H and O–H groups in total. The summed E-state index contributed by atoms with van der Waals surface area (Å²) in [6.45, 7) is 0.122. The number of hydrogen-bond donors (Lipinski definition) is 0. The van der Waals surface area contributed by atoms with Crippen LogP contribution in [0.5, 0.6) is 5.75 Å². The third-order valence-electron chi connectivity index (χ3n) is 2.95. The highest BCUT2D eigenvalue weighted by Crippen LogP contribution is 2.32. The number of methoxy groups -OCH3 is 2. The summed E-state index contributed by atoms with van der Waals surface area (Å²) in [5.41, 5.74) is 0.800. The van der Waals surface area contributed by atoms with Crippen molar-refractivity contribution in [3.63, 3.8) is 0 Å². The summed E-state index contributed by atoms with van der Waals surface area (Å²) >= 11 is 0. The number of ether oxygens (including phenoxy) is 2. The Hall–Kier alpha value is -2.37. The highest BCUT2D eigenvalue weighted by Gasteiger charge is 2.36. The molecule has 0 unspecified atom stereocenters. The molecule has 6 nitrogen and oxygen atoms in total. The average molecular weight is 263 g/mol. The summed E-state index contributed by atoms with van der Waals surface area (Å²) in [6, 6.07) is 4.82. The topological polar surface area (TPSA) is 72.9 Å². The van der Waals surface area contributed by atoms with Gasteiger partial charge in [-0.1, -0.05) is 0 Å². The molecule has 1 aromatic rings. The van der Waals surface area contributed by atoms with Crippen molar-refractivity contribution in [1.82, 2.24) is 0 Å². The molecule has 0 saturated carbocycles. The fourth-order valence-electron chi connectivity index (χ4n) is 1.93. The number of nitrogens with zero attached hydrogens (tertiary/aromatic N) is 1. The molecule has 0 spiro atoms. The van der Waals surface area contributed by atoms with Crippen LogP contribution in [0.4, 0.5) is 5.69 Å². The van der Waals surface area contributed by atoms with E-state index in [1.807, 2.05) is 0 Å². The van der Waals surface area contributed by atoms with E-state index < -0.39 is 17.7 Å². The summed E-state index contributed by atoms with van der Waals surface area (Å²) in [5.74, 6) is -1.14. The standard InChI is InChI=1S/C13H13NO5/c1-18-8-3-4-10-9(7-8)12(16)13(17)14(10)6-5-11(15)19-2/h3-4,7H,5-6H2,1-2H3. The van der Waals surface area contributed by atoms with Crippen LogP contribution in [-0.2, 0) is 14.3 Å². The zero-order valence-electron chi connectivity index (χ0n) is 10.6. The van der Waals surface area contributed by atoms with Crippen molar-refractivity contribution in [1.29, 1.82) is 0 Å². The fraction of sp³-hybridized carbons (Fsp3) is 0.308. The van der Waals surface area contributed by atoms with Gasteiger partial charge in [-0.2, -0.15) is 0 Å². The van der Waals surface area contributed by atoms with Crippen LogP contribution in [0.3, 0.4) is 0 Å². The van der Waals surface area contributed by atoms with Crippen LogP contribution in [-0.4, -0.2) is 38.4 Å². The second-order valence-corrected chi connectivity index (χ2v) is 4.00. The van der Waals surface area contributed by atoms with E-state index in [1.165, 1.54) is 25.2 Å². The summed E-state index contributed by atoms with van der Waals surface area (Å²) < 4.78 is 9.53. The zero-order valence-corrected chi connectivity index (χ0v) is 10.6. The number of rotatable bonds is 4. The predicted molar refractivity (Wildman–Crippen MR) is 66.3 cm³/mol. The molecule has 6 heteroatoms. The number of anilines is 1. The second kappa shape index (κ2) is 5.09. The highest BCUT2D eigenvalue weighted by molar-refractivity contribution is 6.52. The Kier molecular flexibility index (Phi) is 3.50. The van der Waals surface area contributed by atoms with Crippen LogP contribution < -0.4 is 9.64 Å². The Morgan fingerprint density at radius 3 is 2.63 bits per heavy atom. The molecule has 0 aromatic heterocycles. The van der Waals surface area contributed by atoms with Crippen molar-refractivity contribution in [3.8, 4) is 5.75 Å². The summed E-state index contributed by atoms with van der Waals surface area (Å²) in [6.07, 6.45) is 0.0426. The zero-order chi connectivity index (χ0) is 14.0. The van der Waals surface area contributed by atoms with Gasteiger partial charge in [-0.05, 0) is 18.2 Å². The number of fused-ring (bicyclic) bond motifs is 1. The molecule has 0 aliphatic carbocycles. The fourth-order valence-corrected chi connectivity index (χ4v) is 1.93. The lowest BCUT2D eigenvalue weighted by Gasteiger charge is -2.15. The third-order valence-corrected chi connectivity index (χ3v) is 2.95. The van der Waals surface area contributed by atoms with E-state index in [4.69, 9.17) is 4.74 Å². The van der Waals surface area contributed by atoms with Crippen molar-refractivity contribution in [3.05, 3.63) is 23.8 Å². The van der Waals surface area contributed by atoms with Gasteiger partial charge < -0.3 is 14.4 Å². The molecule has 19 heavy (non-hydrogen) atoms. The number of Topliss-reactive ketones (excluding diaryl/α,β-unsaturated/α-hetero) is 1. The third kappa shape index (κ3) is 2.29. The lowest BCUT2D eigenvalue weighted by Crippen LogP contribution is -2.31. The summed E-state index contributed by atoms with van der Waals surface area (Å²) in [7, 11) is 2.76. The number of benzene rings is 1. The van der Waals surface area contributed by atoms with Crippen LogP contribution >= 0.6 is 0 Å². The van der Waals surface area contributed by atoms with Crippen LogP contribution in [0.15, 0.2) is 18.2 Å². The first-order valence-electron chi connectivity index (χ1n) is 5.69. The molecule has 100 valence electrons. The molecular formula is C13H13NO5. The smallest absolute Gasteiger partial charge is 0.307 e. The van der Waals surface area contributed by atoms with Gasteiger partial charge in [0, 0.05) is 6.54 Å². The maximum absolute atomic E-state index is 11.8. The maximum Gasteiger partial charge on any atom is 0.307 e. The quantitative estimate of drug-likeness (QED) is 0.593. The molecule has 1 aromatic carbocycles. The van der Waals surface area contributed by atoms with E-state index in [-0.39, 0.29) is 13.0 Å². The molecule has 1 aliphatic rings. The van der Waals surface area contributed by atoms with E-state index in [2.05, 4.69) is 4.74 Å². The van der Waals surface area contributed by atoms with E-state index >= 15 is 0 Å². The molecular weight excluding hydrogens is 250 g/mol. The van der Waals surface area contributed by atoms with Gasteiger partial charge in [0.05, 0.1) is 31.9 Å². The van der Waals surface area contributed by atoms with Gasteiger partial charge in [-0.3, -0.25) is 14.4 Å². The molecule has 0 radical (unpaired) electrons. The van der Waals surface area contributed by atoms with Crippen molar-refractivity contribution < 1.29 is 23.9 Å². The van der Waals surface area contributed by atoms with Crippen LogP contribution in [0.25, 0.3) is 0 Å². The Bertz CT molecular complexity index is 552. The van der Waals surface area contributed by atoms with Crippen molar-refractivity contribution in [2.75, 3.05) is 25.7 Å². The SMILES string of the molecule is COC(=O)CCN1C(=O)C(=O)c2cc(OC)ccc21. The summed E-state index contributed by atoms with van der Waals surface area (Å²) in [5, 5.41) is 0. The van der Waals surface area contributed by atoms with Crippen molar-refractivity contribution in [2.45, 2.75) is 6.42 Å². The molecule has 2 rings (SSSR count). The van der Waals surface area contributed by atoms with E-state index in [0.717, 1.165) is 0 Å². The minimum absolute atomic E-state index is 0.0426. The number of amides is 1. The molecule has 0 atom stereocenters. The van der Waals surface area contributed by atoms with Crippen LogP contribution in [0.2, 0.25) is 0 Å². The maximum atomic E-state index is 11.8. The van der Waals surface area contributed by atoms with Crippen LogP contribution in [0, 0.1) is 0 Å². The Morgan fingerprint density at radius 2 is 2.00 bits per heavy atom. The minimum Gasteiger partial charge on any atom is -0.497 e. The van der Waals surface area contributed by atoms with E-state index in [9.17, 15) is 14.4 Å². The number of esters is 1. The number of ketones is 1. The van der Waals surface area contributed by atoms with Gasteiger partial charge in [-0.15, -0.1) is 0 Å². The minimum atomic E-state index is -0.632. The van der Waals surface area contributed by atoms with Crippen molar-refractivity contribution >= 4 is 23.3 Å². The van der Waals surface area contributed by atoms with E-state index in [1.54, 1.807) is 12.1 Å². The van der Waals surface area contributed by atoms with Gasteiger partial charge in [0.25, 0.3) is 11.7 Å².